The summed E-state index contributed by atoms with van der Waals surface area (Å²) in [7, 11) is 0.920. The second-order valence-electron chi connectivity index (χ2n) is 11.8. The van der Waals surface area contributed by atoms with Crippen molar-refractivity contribution in [2.75, 3.05) is 12.0 Å². The van der Waals surface area contributed by atoms with Crippen LogP contribution in [0, 0.1) is 5.92 Å². The van der Waals surface area contributed by atoms with Gasteiger partial charge in [-0.3, -0.25) is 9.80 Å². The number of halogens is 9. The lowest BCUT2D eigenvalue weighted by Crippen LogP contribution is -2.51. The molecule has 0 saturated heterocycles. The highest BCUT2D eigenvalue weighted by molar-refractivity contribution is 5.91. The molecule has 0 bridgehead atoms. The summed E-state index contributed by atoms with van der Waals surface area (Å²) < 4.78 is 133. The minimum Gasteiger partial charge on any atom is -0.453 e. The van der Waals surface area contributed by atoms with Gasteiger partial charge in [-0.1, -0.05) is 0 Å². The maximum atomic E-state index is 13.8. The van der Waals surface area contributed by atoms with E-state index in [9.17, 15) is 49.1 Å². The summed E-state index contributed by atoms with van der Waals surface area (Å²) in [5, 5.41) is 0. The molecule has 1 saturated carbocycles. The van der Waals surface area contributed by atoms with Crippen LogP contribution < -0.4 is 4.90 Å². The summed E-state index contributed by atoms with van der Waals surface area (Å²) in [6.45, 7) is 3.92. The highest BCUT2D eigenvalue weighted by atomic mass is 19.4. The van der Waals surface area contributed by atoms with E-state index in [0.29, 0.717) is 31.0 Å². The number of nitrogens with zero attached hydrogens (tertiary/aromatic N) is 2. The lowest BCUT2D eigenvalue weighted by Gasteiger charge is -2.44. The first-order chi connectivity index (χ1) is 20.1. The molecule has 2 amide bonds. The van der Waals surface area contributed by atoms with Crippen molar-refractivity contribution in [1.82, 2.24) is 4.90 Å². The largest absolute Gasteiger partial charge is 0.453 e. The van der Waals surface area contributed by atoms with Crippen LogP contribution in [0.2, 0.25) is 0 Å². The van der Waals surface area contributed by atoms with Crippen LogP contribution in [0.1, 0.15) is 73.9 Å². The van der Waals surface area contributed by atoms with E-state index in [4.69, 9.17) is 9.47 Å². The van der Waals surface area contributed by atoms with Crippen molar-refractivity contribution in [1.29, 1.82) is 0 Å². The van der Waals surface area contributed by atoms with Gasteiger partial charge in [0.2, 0.25) is 0 Å². The summed E-state index contributed by atoms with van der Waals surface area (Å²) in [5.74, 6) is -0.148. The number of anilines is 1. The number of carbonyl (C=O) groups excluding carboxylic acids is 2. The third kappa shape index (κ3) is 7.34. The molecule has 1 aliphatic carbocycles. The fourth-order valence-corrected chi connectivity index (χ4v) is 5.31. The van der Waals surface area contributed by atoms with Gasteiger partial charge in [0.05, 0.1) is 35.5 Å². The Morgan fingerprint density at radius 3 is 1.84 bits per heavy atom. The Morgan fingerprint density at radius 2 is 1.39 bits per heavy atom. The lowest BCUT2D eigenvalue weighted by molar-refractivity contribution is -0.143. The smallest absolute Gasteiger partial charge is 0.416 e. The highest BCUT2D eigenvalue weighted by Gasteiger charge is 2.48. The number of methoxy groups -OCH3 is 1. The molecular formula is C29H29F9N2O4. The average molecular weight is 641 g/mol. The lowest BCUT2D eigenvalue weighted by atomic mass is 9.86. The van der Waals surface area contributed by atoms with Gasteiger partial charge in [-0.2, -0.15) is 39.5 Å². The van der Waals surface area contributed by atoms with Crippen LogP contribution in [-0.4, -0.2) is 35.8 Å². The zero-order valence-electron chi connectivity index (χ0n) is 24.0. The molecule has 242 valence electrons. The third-order valence-corrected chi connectivity index (χ3v) is 7.31. The molecule has 1 aliphatic heterocycles. The van der Waals surface area contributed by atoms with E-state index in [-0.39, 0.29) is 29.7 Å². The number of amides is 2. The summed E-state index contributed by atoms with van der Waals surface area (Å²) in [6.07, 6.45) is -16.2. The van der Waals surface area contributed by atoms with Crippen molar-refractivity contribution in [2.24, 2.45) is 5.92 Å². The van der Waals surface area contributed by atoms with Gasteiger partial charge in [0, 0.05) is 12.6 Å². The van der Waals surface area contributed by atoms with Crippen LogP contribution in [0.5, 0.6) is 0 Å². The van der Waals surface area contributed by atoms with Crippen molar-refractivity contribution in [3.63, 3.8) is 0 Å². The van der Waals surface area contributed by atoms with Crippen LogP contribution >= 0.6 is 0 Å². The van der Waals surface area contributed by atoms with Crippen molar-refractivity contribution in [2.45, 2.75) is 82.8 Å². The number of rotatable bonds is 4. The zero-order valence-corrected chi connectivity index (χ0v) is 24.0. The number of benzene rings is 2. The van der Waals surface area contributed by atoms with Crippen LogP contribution in [0.4, 0.5) is 54.8 Å². The molecule has 1 heterocycles. The first-order valence-corrected chi connectivity index (χ1v) is 13.5. The first-order valence-electron chi connectivity index (χ1n) is 13.5. The van der Waals surface area contributed by atoms with Crippen molar-refractivity contribution in [3.05, 3.63) is 64.2 Å². The van der Waals surface area contributed by atoms with Gasteiger partial charge in [0.15, 0.2) is 0 Å². The predicted octanol–water partition coefficient (Wildman–Crippen LogP) is 8.98. The molecule has 15 heteroatoms. The van der Waals surface area contributed by atoms with E-state index in [1.54, 1.807) is 20.8 Å². The predicted molar refractivity (Wildman–Crippen MR) is 138 cm³/mol. The van der Waals surface area contributed by atoms with Crippen LogP contribution in [-0.2, 0) is 34.5 Å². The van der Waals surface area contributed by atoms with E-state index in [1.165, 1.54) is 4.90 Å². The molecule has 0 spiro atoms. The highest BCUT2D eigenvalue weighted by Crippen LogP contribution is 2.50. The molecule has 0 aromatic heterocycles. The molecule has 44 heavy (non-hydrogen) atoms. The van der Waals surface area contributed by atoms with Crippen LogP contribution in [0.25, 0.3) is 0 Å². The molecule has 0 N–H and O–H groups in total. The number of carbonyl (C=O) groups is 2. The summed E-state index contributed by atoms with van der Waals surface area (Å²) in [4.78, 5) is 28.5. The number of fused-ring (bicyclic) bond motifs is 1. The number of ether oxygens (including phenoxy) is 2. The normalized spacial score (nSPS) is 19.3. The minimum absolute atomic E-state index is 0.0330. The Kier molecular flexibility index (Phi) is 8.59. The Morgan fingerprint density at radius 1 is 0.841 bits per heavy atom. The molecule has 0 unspecified atom stereocenters. The standard InChI is InChI=1S/C29H29F9N2O4/c1-26(2,3)44-25(42)40-21-8-7-17(27(30,31)32)12-20(21)23(13-22(40)16-5-6-16)39(24(41)43-4)14-15-9-18(28(33,34)35)11-19(10-15)29(36,37)38/h7-12,16,22-23H,5-6,13-14H2,1-4H3/t22-,23-/m1/s1. The SMILES string of the molecule is COC(=O)N(Cc1cc(C(F)(F)F)cc(C(F)(F)F)c1)[C@@H]1C[C@H](C2CC2)N(C(=O)OC(C)(C)C)c2ccc(C(F)(F)F)cc21. The Labute approximate surface area is 246 Å². The van der Waals surface area contributed by atoms with Crippen molar-refractivity contribution < 1.29 is 58.6 Å². The molecule has 6 nitrogen and oxygen atoms in total. The van der Waals surface area contributed by atoms with E-state index >= 15 is 0 Å². The van der Waals surface area contributed by atoms with Gasteiger partial charge in [-0.25, -0.2) is 9.59 Å². The van der Waals surface area contributed by atoms with Gasteiger partial charge < -0.3 is 9.47 Å². The van der Waals surface area contributed by atoms with Crippen molar-refractivity contribution >= 4 is 17.9 Å². The second kappa shape index (κ2) is 11.4. The molecule has 2 atom stereocenters. The van der Waals surface area contributed by atoms with Crippen LogP contribution in [0.15, 0.2) is 36.4 Å². The molecule has 2 aromatic rings. The van der Waals surface area contributed by atoms with Crippen molar-refractivity contribution in [3.8, 4) is 0 Å². The molecule has 0 radical (unpaired) electrons. The monoisotopic (exact) mass is 640 g/mol. The number of hydrogen-bond acceptors (Lipinski definition) is 4. The number of alkyl halides is 9. The van der Waals surface area contributed by atoms with E-state index in [2.05, 4.69) is 0 Å². The summed E-state index contributed by atoms with van der Waals surface area (Å²) >= 11 is 0. The van der Waals surface area contributed by atoms with Gasteiger partial charge >= 0.3 is 30.7 Å². The molecule has 2 aromatic carbocycles. The summed E-state index contributed by atoms with van der Waals surface area (Å²) in [5.41, 5.74) is -6.18. The molecular weight excluding hydrogens is 611 g/mol. The Balaban J connectivity index is 1.89. The fourth-order valence-electron chi connectivity index (χ4n) is 5.31. The maximum absolute atomic E-state index is 13.8. The first kappa shape index (κ1) is 33.2. The molecule has 1 fully saturated rings. The van der Waals surface area contributed by atoms with E-state index < -0.39 is 77.2 Å². The van der Waals surface area contributed by atoms with Gasteiger partial charge in [0.25, 0.3) is 0 Å². The minimum atomic E-state index is -5.17. The Bertz CT molecular complexity index is 1380. The van der Waals surface area contributed by atoms with Gasteiger partial charge in [0.1, 0.15) is 5.60 Å². The maximum Gasteiger partial charge on any atom is 0.416 e. The van der Waals surface area contributed by atoms with Gasteiger partial charge in [-0.15, -0.1) is 0 Å². The van der Waals surface area contributed by atoms with Gasteiger partial charge in [-0.05, 0) is 93.5 Å². The fraction of sp³-hybridized carbons (Fsp3) is 0.517. The van der Waals surface area contributed by atoms with E-state index in [1.807, 2.05) is 0 Å². The topological polar surface area (TPSA) is 59.1 Å². The quantitative estimate of drug-likeness (QED) is 0.313. The Hall–Kier alpha value is -3.65. The zero-order chi connectivity index (χ0) is 33.0. The van der Waals surface area contributed by atoms with E-state index in [0.717, 1.165) is 24.1 Å². The summed E-state index contributed by atoms with van der Waals surface area (Å²) in [6, 6.07) is 1.27. The average Bonchev–Trinajstić information content (AvgIpc) is 3.73. The molecule has 4 rings (SSSR count). The number of hydrogen-bond donors (Lipinski definition) is 0. The van der Waals surface area contributed by atoms with Crippen LogP contribution in [0.3, 0.4) is 0 Å². The third-order valence-electron chi connectivity index (χ3n) is 7.31. The second-order valence-corrected chi connectivity index (χ2v) is 11.8. The molecule has 2 aliphatic rings.